The van der Waals surface area contributed by atoms with Gasteiger partial charge in [0.1, 0.15) is 4.90 Å². The number of fused-ring (bicyclic) bond motifs is 2. The van der Waals surface area contributed by atoms with E-state index in [9.17, 15) is 36.3 Å². The third kappa shape index (κ3) is 3.75. The first kappa shape index (κ1) is 22.0. The molecule has 4 rings (SSSR count). The number of nitrogens with zero attached hydrogens (tertiary/aromatic N) is 2. The Morgan fingerprint density at radius 2 is 1.88 bits per heavy atom. The van der Waals surface area contributed by atoms with Crippen molar-refractivity contribution in [2.75, 3.05) is 25.0 Å². The van der Waals surface area contributed by atoms with E-state index in [1.165, 1.54) is 11.6 Å². The van der Waals surface area contributed by atoms with Crippen LogP contribution in [0.3, 0.4) is 0 Å². The molecule has 32 heavy (non-hydrogen) atoms. The number of carbonyl (C=O) groups excluding carboxylic acids is 1. The van der Waals surface area contributed by atoms with Gasteiger partial charge in [0.2, 0.25) is 10.0 Å². The molecule has 2 amide bonds. The van der Waals surface area contributed by atoms with Gasteiger partial charge in [-0.05, 0) is 0 Å². The van der Waals surface area contributed by atoms with Crippen LogP contribution in [0.2, 0.25) is 0 Å². The van der Waals surface area contributed by atoms with Crippen LogP contribution >= 0.6 is 0 Å². The Hall–Kier alpha value is -3.26. The molecule has 172 valence electrons. The van der Waals surface area contributed by atoms with Crippen molar-refractivity contribution in [2.45, 2.75) is 10.9 Å². The lowest BCUT2D eigenvalue weighted by atomic mass is 10.1. The Morgan fingerprint density at radius 3 is 2.50 bits per heavy atom. The Morgan fingerprint density at radius 1 is 1.22 bits per heavy atom. The summed E-state index contributed by atoms with van der Waals surface area (Å²) in [4.78, 5) is 24.8. The molecule has 0 saturated carbocycles. The van der Waals surface area contributed by atoms with Gasteiger partial charge in [-0.2, -0.15) is 0 Å². The number of aryl methyl sites for hydroxylation is 1. The number of hydrogen-bond donors (Lipinski definition) is 3. The second-order valence-electron chi connectivity index (χ2n) is 7.48. The van der Waals surface area contributed by atoms with E-state index in [1.54, 1.807) is 0 Å². The molecule has 3 heterocycles. The summed E-state index contributed by atoms with van der Waals surface area (Å²) in [5.74, 6) is -6.49. The lowest BCUT2D eigenvalue weighted by Crippen LogP contribution is -2.43. The molecule has 2 aromatic rings. The summed E-state index contributed by atoms with van der Waals surface area (Å²) in [6.45, 7) is -0.117. The molecule has 10 nitrogen and oxygen atoms in total. The van der Waals surface area contributed by atoms with Gasteiger partial charge >= 0.3 is 6.09 Å². The normalized spacial score (nSPS) is 21.7. The van der Waals surface area contributed by atoms with Crippen LogP contribution in [0.4, 0.5) is 23.7 Å². The van der Waals surface area contributed by atoms with Crippen LogP contribution in [0.1, 0.15) is 10.5 Å². The molecular weight excluding hydrogens is 457 g/mol. The molecule has 2 aliphatic heterocycles. The summed E-state index contributed by atoms with van der Waals surface area (Å²) in [5, 5.41) is 11.4. The molecular formula is C18H17F3N4O6S. The summed E-state index contributed by atoms with van der Waals surface area (Å²) >= 11 is 0. The van der Waals surface area contributed by atoms with Crippen LogP contribution in [-0.2, 0) is 17.1 Å². The SMILES string of the molecule is Cn1cc2c(c1C(=O)Nc1cc(F)c(F)c(F)c1)OC[C@H]1CN(C(=O)O)C[C@H]1NS2(=O)=O. The zero-order chi connectivity index (χ0) is 23.4. The lowest BCUT2D eigenvalue weighted by Gasteiger charge is -2.23. The van der Waals surface area contributed by atoms with Crippen molar-refractivity contribution in [1.82, 2.24) is 14.2 Å². The van der Waals surface area contributed by atoms with Crippen molar-refractivity contribution in [3.63, 3.8) is 0 Å². The van der Waals surface area contributed by atoms with Crippen LogP contribution in [0, 0.1) is 23.4 Å². The van der Waals surface area contributed by atoms with Gasteiger partial charge in [0.05, 0.1) is 6.61 Å². The number of hydrogen-bond acceptors (Lipinski definition) is 5. The zero-order valence-corrected chi connectivity index (χ0v) is 17.2. The first-order valence-corrected chi connectivity index (χ1v) is 10.7. The van der Waals surface area contributed by atoms with E-state index >= 15 is 0 Å². The van der Waals surface area contributed by atoms with Crippen molar-refractivity contribution < 1.29 is 41.0 Å². The fourth-order valence-electron chi connectivity index (χ4n) is 3.77. The average molecular weight is 474 g/mol. The Kier molecular flexibility index (Phi) is 5.29. The molecule has 3 N–H and O–H groups in total. The van der Waals surface area contributed by atoms with Gasteiger partial charge in [0.25, 0.3) is 5.91 Å². The summed E-state index contributed by atoms with van der Waals surface area (Å²) in [7, 11) is -2.82. The van der Waals surface area contributed by atoms with E-state index in [2.05, 4.69) is 10.0 Å². The van der Waals surface area contributed by atoms with Crippen molar-refractivity contribution in [3.8, 4) is 5.75 Å². The third-order valence-electron chi connectivity index (χ3n) is 5.31. The molecule has 0 aliphatic carbocycles. The minimum atomic E-state index is -4.20. The molecule has 14 heteroatoms. The molecule has 1 saturated heterocycles. The van der Waals surface area contributed by atoms with Gasteiger partial charge in [-0.1, -0.05) is 0 Å². The Labute approximate surface area is 179 Å². The summed E-state index contributed by atoms with van der Waals surface area (Å²) < 4.78 is 75.2. The van der Waals surface area contributed by atoms with Gasteiger partial charge < -0.3 is 24.6 Å². The number of anilines is 1. The number of nitrogens with one attached hydrogen (secondary N) is 2. The van der Waals surface area contributed by atoms with E-state index in [-0.39, 0.29) is 41.7 Å². The van der Waals surface area contributed by atoms with Gasteiger partial charge in [-0.3, -0.25) is 4.79 Å². The molecule has 0 unspecified atom stereocenters. The fourth-order valence-corrected chi connectivity index (χ4v) is 5.26. The number of likely N-dealkylation sites (tertiary alicyclic amines) is 1. The highest BCUT2D eigenvalue weighted by Gasteiger charge is 2.42. The predicted octanol–water partition coefficient (Wildman–Crippen LogP) is 1.34. The largest absolute Gasteiger partial charge is 0.489 e. The molecule has 1 aromatic heterocycles. The van der Waals surface area contributed by atoms with Gasteiger partial charge in [-0.15, -0.1) is 0 Å². The molecule has 0 radical (unpaired) electrons. The number of ether oxygens (including phenoxy) is 1. The van der Waals surface area contributed by atoms with Crippen molar-refractivity contribution in [3.05, 3.63) is 41.5 Å². The number of aromatic nitrogens is 1. The quantitative estimate of drug-likeness (QED) is 0.564. The van der Waals surface area contributed by atoms with Crippen LogP contribution in [0.5, 0.6) is 5.75 Å². The first-order valence-electron chi connectivity index (χ1n) is 9.26. The molecule has 2 aliphatic rings. The van der Waals surface area contributed by atoms with Crippen LogP contribution in [-0.4, -0.2) is 60.7 Å². The third-order valence-corrected chi connectivity index (χ3v) is 6.79. The molecule has 2 atom stereocenters. The summed E-state index contributed by atoms with van der Waals surface area (Å²) in [6, 6.07) is 0.434. The first-order chi connectivity index (χ1) is 15.0. The van der Waals surface area contributed by atoms with Gasteiger partial charge in [-0.25, -0.2) is 31.1 Å². The van der Waals surface area contributed by atoms with E-state index in [0.29, 0.717) is 12.1 Å². The smallest absolute Gasteiger partial charge is 0.407 e. The highest BCUT2D eigenvalue weighted by Crippen LogP contribution is 2.34. The monoisotopic (exact) mass is 474 g/mol. The molecule has 0 bridgehead atoms. The number of amides is 2. The Balaban J connectivity index is 1.67. The zero-order valence-electron chi connectivity index (χ0n) is 16.4. The maximum atomic E-state index is 13.5. The van der Waals surface area contributed by atoms with Gasteiger partial charge in [0, 0.05) is 56.1 Å². The predicted molar refractivity (Wildman–Crippen MR) is 102 cm³/mol. The number of sulfonamides is 1. The van der Waals surface area contributed by atoms with Crippen molar-refractivity contribution >= 4 is 27.7 Å². The Bertz CT molecular complexity index is 1210. The number of carboxylic acid groups (broad SMARTS) is 1. The van der Waals surface area contributed by atoms with E-state index in [0.717, 1.165) is 11.1 Å². The highest BCUT2D eigenvalue weighted by molar-refractivity contribution is 7.89. The van der Waals surface area contributed by atoms with Crippen molar-refractivity contribution in [1.29, 1.82) is 0 Å². The number of halogens is 3. The van der Waals surface area contributed by atoms with Crippen LogP contribution in [0.15, 0.2) is 23.2 Å². The molecule has 1 fully saturated rings. The summed E-state index contributed by atoms with van der Waals surface area (Å²) in [6.07, 6.45) is -0.0732. The number of rotatable bonds is 2. The van der Waals surface area contributed by atoms with E-state index < -0.39 is 51.4 Å². The maximum absolute atomic E-state index is 13.5. The molecule has 1 aromatic carbocycles. The average Bonchev–Trinajstić information content (AvgIpc) is 3.24. The fraction of sp³-hybridized carbons (Fsp3) is 0.333. The van der Waals surface area contributed by atoms with E-state index in [1.807, 2.05) is 0 Å². The minimum absolute atomic E-state index is 0.0281. The van der Waals surface area contributed by atoms with Crippen LogP contribution in [0.25, 0.3) is 0 Å². The minimum Gasteiger partial charge on any atom is -0.489 e. The van der Waals surface area contributed by atoms with E-state index in [4.69, 9.17) is 4.74 Å². The second kappa shape index (κ2) is 7.70. The molecule has 0 spiro atoms. The topological polar surface area (TPSA) is 130 Å². The van der Waals surface area contributed by atoms with Gasteiger partial charge in [0.15, 0.2) is 28.9 Å². The van der Waals surface area contributed by atoms with Crippen LogP contribution < -0.4 is 14.8 Å². The second-order valence-corrected chi connectivity index (χ2v) is 9.16. The standard InChI is InChI=1S/C18H17F3N4O6S/c1-24-6-13-16(15(24)17(26)22-9-2-10(19)14(21)11(20)3-9)31-7-8-4-25(18(27)28)5-12(8)23-32(13,29)30/h2-3,6,8,12,23H,4-5,7H2,1H3,(H,22,26)(H,27,28)/t8-,12-/m1/s1. The number of benzene rings is 1. The number of carbonyl (C=O) groups is 2. The maximum Gasteiger partial charge on any atom is 0.407 e. The van der Waals surface area contributed by atoms with Crippen molar-refractivity contribution in [2.24, 2.45) is 13.0 Å². The summed E-state index contributed by atoms with van der Waals surface area (Å²) in [5.41, 5.74) is -0.650. The highest BCUT2D eigenvalue weighted by atomic mass is 32.2. The lowest BCUT2D eigenvalue weighted by molar-refractivity contribution is 0.101.